The van der Waals surface area contributed by atoms with Gasteiger partial charge in [0.2, 0.25) is 5.91 Å². The minimum absolute atomic E-state index is 0.0291. The van der Waals surface area contributed by atoms with E-state index in [9.17, 15) is 9.59 Å². The zero-order valence-electron chi connectivity index (χ0n) is 17.7. The molecule has 8 nitrogen and oxygen atoms in total. The van der Waals surface area contributed by atoms with E-state index >= 15 is 0 Å². The Hall–Kier alpha value is -4.46. The molecule has 1 unspecified atom stereocenters. The van der Waals surface area contributed by atoms with Crippen molar-refractivity contribution >= 4 is 17.5 Å². The van der Waals surface area contributed by atoms with Gasteiger partial charge in [0.1, 0.15) is 24.2 Å². The van der Waals surface area contributed by atoms with Crippen LogP contribution in [0.25, 0.3) is 5.69 Å². The Morgan fingerprint density at radius 1 is 0.909 bits per heavy atom. The first-order valence-electron chi connectivity index (χ1n) is 10.5. The first-order valence-corrected chi connectivity index (χ1v) is 10.5. The van der Waals surface area contributed by atoms with Crippen LogP contribution < -0.4 is 15.0 Å². The molecule has 2 amide bonds. The summed E-state index contributed by atoms with van der Waals surface area (Å²) in [5.41, 5.74) is 2.10. The molecule has 1 aliphatic heterocycles. The van der Waals surface area contributed by atoms with Gasteiger partial charge >= 0.3 is 0 Å². The molecular formula is C25H21N5O3. The predicted octanol–water partition coefficient (Wildman–Crippen LogP) is 3.59. The van der Waals surface area contributed by atoms with Gasteiger partial charge in [-0.3, -0.25) is 9.59 Å². The molecule has 0 bridgehead atoms. The van der Waals surface area contributed by atoms with E-state index in [1.807, 2.05) is 54.6 Å². The minimum atomic E-state index is -0.264. The van der Waals surface area contributed by atoms with Crippen molar-refractivity contribution in [3.05, 3.63) is 97.1 Å². The van der Waals surface area contributed by atoms with Crippen LogP contribution in [0.2, 0.25) is 0 Å². The van der Waals surface area contributed by atoms with E-state index in [4.69, 9.17) is 4.74 Å². The predicted molar refractivity (Wildman–Crippen MR) is 123 cm³/mol. The van der Waals surface area contributed by atoms with Gasteiger partial charge in [-0.1, -0.05) is 18.2 Å². The fraction of sp³-hybridized carbons (Fsp3) is 0.120. The SMILES string of the molecule is O=C(NC1CC(=O)N(c2ccc(Oc3ccccc3)cc2)C1)c1ccc(-n2cncn2)cc1. The summed E-state index contributed by atoms with van der Waals surface area (Å²) in [5.74, 6) is 1.19. The molecule has 0 saturated carbocycles. The van der Waals surface area contributed by atoms with Crippen LogP contribution in [0.4, 0.5) is 5.69 Å². The lowest BCUT2D eigenvalue weighted by atomic mass is 10.1. The molecule has 3 aromatic carbocycles. The largest absolute Gasteiger partial charge is 0.457 e. The van der Waals surface area contributed by atoms with Gasteiger partial charge in [-0.05, 0) is 60.7 Å². The van der Waals surface area contributed by atoms with Gasteiger partial charge in [-0.15, -0.1) is 0 Å². The molecule has 1 fully saturated rings. The third-order valence-electron chi connectivity index (χ3n) is 5.40. The summed E-state index contributed by atoms with van der Waals surface area (Å²) in [6.45, 7) is 0.417. The van der Waals surface area contributed by atoms with Gasteiger partial charge < -0.3 is 15.0 Å². The Kier molecular flexibility index (Phi) is 5.55. The van der Waals surface area contributed by atoms with Crippen molar-refractivity contribution in [1.29, 1.82) is 0 Å². The van der Waals surface area contributed by atoms with Gasteiger partial charge in [-0.2, -0.15) is 5.10 Å². The van der Waals surface area contributed by atoms with Crippen molar-refractivity contribution in [2.24, 2.45) is 0 Å². The number of carbonyl (C=O) groups is 2. The lowest BCUT2D eigenvalue weighted by Gasteiger charge is -2.18. The van der Waals surface area contributed by atoms with E-state index in [1.54, 1.807) is 40.2 Å². The smallest absolute Gasteiger partial charge is 0.251 e. The molecule has 4 aromatic rings. The topological polar surface area (TPSA) is 89.4 Å². The number of nitrogens with zero attached hydrogens (tertiary/aromatic N) is 4. The lowest BCUT2D eigenvalue weighted by Crippen LogP contribution is -2.37. The number of para-hydroxylation sites is 1. The number of aromatic nitrogens is 3. The molecule has 1 aromatic heterocycles. The van der Waals surface area contributed by atoms with E-state index in [0.717, 1.165) is 17.1 Å². The molecule has 8 heteroatoms. The van der Waals surface area contributed by atoms with E-state index in [-0.39, 0.29) is 24.3 Å². The Balaban J connectivity index is 1.20. The van der Waals surface area contributed by atoms with Crippen molar-refractivity contribution in [2.45, 2.75) is 12.5 Å². The van der Waals surface area contributed by atoms with E-state index in [1.165, 1.54) is 6.33 Å². The second-order valence-corrected chi connectivity index (χ2v) is 7.67. The second-order valence-electron chi connectivity index (χ2n) is 7.67. The zero-order chi connectivity index (χ0) is 22.6. The Labute approximate surface area is 190 Å². The molecule has 0 radical (unpaired) electrons. The van der Waals surface area contributed by atoms with Gasteiger partial charge in [0.15, 0.2) is 0 Å². The first-order chi connectivity index (χ1) is 16.2. The number of carbonyl (C=O) groups excluding carboxylic acids is 2. The quantitative estimate of drug-likeness (QED) is 0.496. The minimum Gasteiger partial charge on any atom is -0.457 e. The molecule has 5 rings (SSSR count). The number of hydrogen-bond donors (Lipinski definition) is 1. The molecule has 2 heterocycles. The fourth-order valence-corrected chi connectivity index (χ4v) is 3.75. The van der Waals surface area contributed by atoms with E-state index < -0.39 is 0 Å². The number of nitrogens with one attached hydrogen (secondary N) is 1. The third-order valence-corrected chi connectivity index (χ3v) is 5.40. The summed E-state index contributed by atoms with van der Waals surface area (Å²) in [4.78, 5) is 30.9. The van der Waals surface area contributed by atoms with Crippen molar-refractivity contribution in [3.63, 3.8) is 0 Å². The van der Waals surface area contributed by atoms with Crippen molar-refractivity contribution in [2.75, 3.05) is 11.4 Å². The number of amides is 2. The highest BCUT2D eigenvalue weighted by Crippen LogP contribution is 2.27. The average Bonchev–Trinajstić information content (AvgIpc) is 3.51. The maximum absolute atomic E-state index is 12.7. The lowest BCUT2D eigenvalue weighted by molar-refractivity contribution is -0.117. The van der Waals surface area contributed by atoms with E-state index in [0.29, 0.717) is 17.9 Å². The number of ether oxygens (including phenoxy) is 1. The van der Waals surface area contributed by atoms with Crippen LogP contribution >= 0.6 is 0 Å². The standard InChI is InChI=1S/C25H21N5O3/c31-24-14-19(28-25(32)18-6-8-21(9-7-18)30-17-26-16-27-30)15-29(24)20-10-12-23(13-11-20)33-22-4-2-1-3-5-22/h1-13,16-17,19H,14-15H2,(H,28,32). The van der Waals surface area contributed by atoms with Crippen molar-refractivity contribution in [3.8, 4) is 17.2 Å². The molecule has 1 saturated heterocycles. The summed E-state index contributed by atoms with van der Waals surface area (Å²) in [5, 5.41) is 7.03. The number of anilines is 1. The van der Waals surface area contributed by atoms with Crippen LogP contribution in [0.5, 0.6) is 11.5 Å². The van der Waals surface area contributed by atoms with Crippen LogP contribution in [0.3, 0.4) is 0 Å². The van der Waals surface area contributed by atoms with Crippen LogP contribution in [-0.4, -0.2) is 39.2 Å². The van der Waals surface area contributed by atoms with Crippen LogP contribution in [0.15, 0.2) is 91.5 Å². The number of hydrogen-bond acceptors (Lipinski definition) is 5. The zero-order valence-corrected chi connectivity index (χ0v) is 17.7. The highest BCUT2D eigenvalue weighted by Gasteiger charge is 2.31. The Morgan fingerprint density at radius 3 is 2.30 bits per heavy atom. The fourth-order valence-electron chi connectivity index (χ4n) is 3.75. The third kappa shape index (κ3) is 4.59. The van der Waals surface area contributed by atoms with Gasteiger partial charge in [0.25, 0.3) is 5.91 Å². The highest BCUT2D eigenvalue weighted by atomic mass is 16.5. The molecular weight excluding hydrogens is 418 g/mol. The van der Waals surface area contributed by atoms with Gasteiger partial charge in [0, 0.05) is 24.2 Å². The number of benzene rings is 3. The molecule has 0 spiro atoms. The van der Waals surface area contributed by atoms with Gasteiger partial charge in [-0.25, -0.2) is 9.67 Å². The van der Waals surface area contributed by atoms with Crippen molar-refractivity contribution in [1.82, 2.24) is 20.1 Å². The maximum Gasteiger partial charge on any atom is 0.251 e. The molecule has 0 aliphatic carbocycles. The maximum atomic E-state index is 12.7. The molecule has 1 aliphatic rings. The van der Waals surface area contributed by atoms with Gasteiger partial charge in [0.05, 0.1) is 11.7 Å². The molecule has 164 valence electrons. The average molecular weight is 439 g/mol. The second kappa shape index (κ2) is 8.96. The summed E-state index contributed by atoms with van der Waals surface area (Å²) < 4.78 is 7.42. The normalized spacial score (nSPS) is 15.5. The first kappa shape index (κ1) is 20.4. The summed E-state index contributed by atoms with van der Waals surface area (Å²) >= 11 is 0. The van der Waals surface area contributed by atoms with E-state index in [2.05, 4.69) is 15.4 Å². The monoisotopic (exact) mass is 439 g/mol. The summed E-state index contributed by atoms with van der Waals surface area (Å²) in [7, 11) is 0. The molecule has 33 heavy (non-hydrogen) atoms. The van der Waals surface area contributed by atoms with Crippen LogP contribution in [0, 0.1) is 0 Å². The number of rotatable bonds is 6. The molecule has 1 N–H and O–H groups in total. The van der Waals surface area contributed by atoms with Crippen LogP contribution in [-0.2, 0) is 4.79 Å². The summed E-state index contributed by atoms with van der Waals surface area (Å²) in [6.07, 6.45) is 3.30. The Morgan fingerprint density at radius 2 is 1.61 bits per heavy atom. The van der Waals surface area contributed by atoms with Crippen molar-refractivity contribution < 1.29 is 14.3 Å². The summed E-state index contributed by atoms with van der Waals surface area (Å²) in [6, 6.07) is 23.7. The Bertz CT molecular complexity index is 1240. The van der Waals surface area contributed by atoms with Crippen LogP contribution in [0.1, 0.15) is 16.8 Å². The molecule has 1 atom stereocenters. The highest BCUT2D eigenvalue weighted by molar-refractivity contribution is 5.99.